The number of hydrogen-bond donors (Lipinski definition) is 3. The van der Waals surface area contributed by atoms with E-state index in [0.717, 1.165) is 89.9 Å². The van der Waals surface area contributed by atoms with E-state index < -0.39 is 67.3 Å². The Labute approximate surface area is 427 Å². The first-order valence-corrected chi connectivity index (χ1v) is 26.5. The summed E-state index contributed by atoms with van der Waals surface area (Å²) >= 11 is 0. The van der Waals surface area contributed by atoms with Crippen LogP contribution in [0.5, 0.6) is 0 Å². The number of unbranched alkanes of at least 4 members (excludes halogenated alkanes) is 8. The van der Waals surface area contributed by atoms with Crippen LogP contribution in [0.3, 0.4) is 0 Å². The third kappa shape index (κ3) is 36.7. The van der Waals surface area contributed by atoms with E-state index in [0.29, 0.717) is 25.7 Å². The van der Waals surface area contributed by atoms with Gasteiger partial charge < -0.3 is 39.0 Å². The molecule has 6 atom stereocenters. The van der Waals surface area contributed by atoms with Crippen LogP contribution < -0.4 is 0 Å². The number of aliphatic hydroxyl groups is 2. The zero-order valence-corrected chi connectivity index (χ0v) is 43.4. The maximum Gasteiger partial charge on any atom is 0.335 e. The molecule has 0 bridgehead atoms. The maximum absolute atomic E-state index is 13.0. The fraction of sp³-hybridized carbons (Fsp3) is 0.593. The van der Waals surface area contributed by atoms with E-state index >= 15 is 0 Å². The molecule has 1 aliphatic rings. The Kier molecular flexibility index (Phi) is 41.7. The fourth-order valence-corrected chi connectivity index (χ4v) is 7.01. The van der Waals surface area contributed by atoms with Gasteiger partial charge in [0.2, 0.25) is 0 Å². The van der Waals surface area contributed by atoms with Crippen LogP contribution in [0.4, 0.5) is 0 Å². The van der Waals surface area contributed by atoms with Crippen molar-refractivity contribution in [2.45, 2.75) is 212 Å². The second kappa shape index (κ2) is 46.2. The molecule has 1 heterocycles. The van der Waals surface area contributed by atoms with E-state index in [4.69, 9.17) is 23.7 Å². The highest BCUT2D eigenvalue weighted by Gasteiger charge is 2.50. The van der Waals surface area contributed by atoms with E-state index in [-0.39, 0.29) is 25.9 Å². The SMILES string of the molecule is CC/C=C\C/C=C\C/C=C\C/C=C\CCC(=O)OCC(COC1OC(C(=O)O)C(O)C(O)C1OC(=O)CCCCCCC/C=C\C/C=C\CCCCC)OC(=O)CC/C=C\C/C=C\C/C=C\C/C=C\CC. The van der Waals surface area contributed by atoms with Crippen LogP contribution in [-0.4, -0.2) is 89.2 Å². The van der Waals surface area contributed by atoms with Gasteiger partial charge in [0.1, 0.15) is 18.8 Å². The first kappa shape index (κ1) is 64.1. The first-order chi connectivity index (χ1) is 34.6. The van der Waals surface area contributed by atoms with Gasteiger partial charge in [-0.1, -0.05) is 174 Å². The number of carbonyl (C=O) groups excluding carboxylic acids is 3. The standard InChI is InChI=1S/C59H90O12/c1-4-7-10-13-16-19-22-25-26-29-32-35-38-41-44-47-53(62)70-57-55(64)54(63)56(58(65)66)71-59(57)68-49-50(69-52(61)46-43-40-37-34-31-28-24-21-18-15-12-9-6-3)48-67-51(60)45-42-39-36-33-30-27-23-20-17-14-11-8-5-2/h8-9,11-12,16-21,25-28,30-31,36-37,39-40,50,54-57,59,63-64H,4-7,10,13-15,22-24,29,32-35,38,41-49H2,1-3H3,(H,65,66)/b11-8-,12-9-,19-16-,20-17-,21-18-,26-25-,30-27-,31-28-,39-36-,40-37-. The summed E-state index contributed by atoms with van der Waals surface area (Å²) in [7, 11) is 0. The normalized spacial score (nSPS) is 19.5. The van der Waals surface area contributed by atoms with Gasteiger partial charge in [-0.3, -0.25) is 14.4 Å². The summed E-state index contributed by atoms with van der Waals surface area (Å²) in [6.45, 7) is 5.55. The van der Waals surface area contributed by atoms with Gasteiger partial charge >= 0.3 is 23.9 Å². The Hall–Kier alpha value is -4.88. The number of carbonyl (C=O) groups is 4. The van der Waals surface area contributed by atoms with E-state index in [9.17, 15) is 34.5 Å². The summed E-state index contributed by atoms with van der Waals surface area (Å²) in [4.78, 5) is 50.8. The predicted molar refractivity (Wildman–Crippen MR) is 284 cm³/mol. The lowest BCUT2D eigenvalue weighted by Crippen LogP contribution is -2.61. The molecule has 12 nitrogen and oxygen atoms in total. The summed E-state index contributed by atoms with van der Waals surface area (Å²) in [6.07, 6.45) is 50.7. The first-order valence-electron chi connectivity index (χ1n) is 26.5. The quantitative estimate of drug-likeness (QED) is 0.0229. The van der Waals surface area contributed by atoms with Gasteiger partial charge in [0.15, 0.2) is 24.6 Å². The minimum atomic E-state index is -1.93. The molecule has 1 rings (SSSR count). The lowest BCUT2D eigenvalue weighted by molar-refractivity contribution is -0.301. The number of allylic oxidation sites excluding steroid dienone is 20. The van der Waals surface area contributed by atoms with Crippen molar-refractivity contribution < 1.29 is 58.2 Å². The van der Waals surface area contributed by atoms with Crippen LogP contribution in [0, 0.1) is 0 Å². The summed E-state index contributed by atoms with van der Waals surface area (Å²) in [5, 5.41) is 31.4. The van der Waals surface area contributed by atoms with Gasteiger partial charge in [-0.25, -0.2) is 4.79 Å². The molecule has 12 heteroatoms. The highest BCUT2D eigenvalue weighted by Crippen LogP contribution is 2.26. The van der Waals surface area contributed by atoms with Crippen LogP contribution in [0.1, 0.15) is 175 Å². The van der Waals surface area contributed by atoms with Crippen molar-refractivity contribution in [2.75, 3.05) is 13.2 Å². The molecule has 0 aromatic heterocycles. The summed E-state index contributed by atoms with van der Waals surface area (Å²) in [5.74, 6) is -3.38. The second-order valence-corrected chi connectivity index (χ2v) is 17.4. The average Bonchev–Trinajstić information content (AvgIpc) is 3.35. The molecule has 3 N–H and O–H groups in total. The number of carboxylic acids is 1. The number of carboxylic acid groups (broad SMARTS) is 1. The van der Waals surface area contributed by atoms with Crippen LogP contribution in [0.25, 0.3) is 0 Å². The number of ether oxygens (including phenoxy) is 5. The predicted octanol–water partition coefficient (Wildman–Crippen LogP) is 12.9. The Bertz CT molecular complexity index is 1700. The lowest BCUT2D eigenvalue weighted by atomic mass is 9.98. The number of hydrogen-bond acceptors (Lipinski definition) is 11. The van der Waals surface area contributed by atoms with Crippen molar-refractivity contribution in [1.82, 2.24) is 0 Å². The molecule has 0 aromatic rings. The van der Waals surface area contributed by atoms with Crippen molar-refractivity contribution in [1.29, 1.82) is 0 Å². The van der Waals surface area contributed by atoms with E-state index in [1.807, 2.05) is 30.4 Å². The molecular weight excluding hydrogens is 901 g/mol. The molecule has 0 radical (unpaired) electrons. The van der Waals surface area contributed by atoms with Gasteiger partial charge in [-0.15, -0.1) is 0 Å². The monoisotopic (exact) mass is 991 g/mol. The Morgan fingerprint density at radius 2 is 0.915 bits per heavy atom. The third-order valence-corrected chi connectivity index (χ3v) is 11.0. The van der Waals surface area contributed by atoms with E-state index in [1.165, 1.54) is 19.3 Å². The number of aliphatic carboxylic acids is 1. The molecule has 398 valence electrons. The third-order valence-electron chi connectivity index (χ3n) is 11.0. The van der Waals surface area contributed by atoms with Gasteiger partial charge in [0.25, 0.3) is 0 Å². The minimum absolute atomic E-state index is 0.0187. The largest absolute Gasteiger partial charge is 0.479 e. The molecule has 0 aromatic carbocycles. The molecule has 1 saturated heterocycles. The molecule has 71 heavy (non-hydrogen) atoms. The van der Waals surface area contributed by atoms with Gasteiger partial charge in [0.05, 0.1) is 6.61 Å². The van der Waals surface area contributed by atoms with Gasteiger partial charge in [-0.05, 0) is 103 Å². The summed E-state index contributed by atoms with van der Waals surface area (Å²) in [5.41, 5.74) is 0. The highest BCUT2D eigenvalue weighted by atomic mass is 16.7. The Morgan fingerprint density at radius 1 is 0.479 bits per heavy atom. The van der Waals surface area contributed by atoms with Crippen molar-refractivity contribution in [2.24, 2.45) is 0 Å². The molecule has 1 aliphatic heterocycles. The minimum Gasteiger partial charge on any atom is -0.479 e. The number of aliphatic hydroxyl groups excluding tert-OH is 2. The molecule has 1 fully saturated rings. The fourth-order valence-electron chi connectivity index (χ4n) is 7.01. The van der Waals surface area contributed by atoms with Crippen molar-refractivity contribution in [3.05, 3.63) is 122 Å². The Balaban J connectivity index is 2.82. The van der Waals surface area contributed by atoms with Crippen molar-refractivity contribution >= 4 is 23.9 Å². The molecule has 0 aliphatic carbocycles. The molecule has 6 unspecified atom stereocenters. The highest BCUT2D eigenvalue weighted by molar-refractivity contribution is 5.74. The zero-order chi connectivity index (χ0) is 51.8. The van der Waals surface area contributed by atoms with Gasteiger partial charge in [0, 0.05) is 19.3 Å². The molecule has 0 spiro atoms. The summed E-state index contributed by atoms with van der Waals surface area (Å²) < 4.78 is 28.1. The van der Waals surface area contributed by atoms with Crippen LogP contribution in [0.2, 0.25) is 0 Å². The van der Waals surface area contributed by atoms with Crippen LogP contribution in [-0.2, 0) is 42.9 Å². The van der Waals surface area contributed by atoms with Crippen molar-refractivity contribution in [3.63, 3.8) is 0 Å². The topological polar surface area (TPSA) is 175 Å². The molecule has 0 amide bonds. The van der Waals surface area contributed by atoms with Crippen LogP contribution in [0.15, 0.2) is 122 Å². The number of esters is 3. The maximum atomic E-state index is 13.0. The van der Waals surface area contributed by atoms with Gasteiger partial charge in [-0.2, -0.15) is 0 Å². The Morgan fingerprint density at radius 3 is 1.41 bits per heavy atom. The smallest absolute Gasteiger partial charge is 0.335 e. The van der Waals surface area contributed by atoms with Crippen molar-refractivity contribution in [3.8, 4) is 0 Å². The van der Waals surface area contributed by atoms with E-state index in [1.54, 1.807) is 0 Å². The average molecular weight is 991 g/mol. The lowest BCUT2D eigenvalue weighted by Gasteiger charge is -2.40. The molecular formula is C59H90O12. The van der Waals surface area contributed by atoms with Crippen LogP contribution >= 0.6 is 0 Å². The zero-order valence-electron chi connectivity index (χ0n) is 43.4. The van der Waals surface area contributed by atoms with E-state index in [2.05, 4.69) is 112 Å². The second-order valence-electron chi connectivity index (χ2n) is 17.4. The molecule has 0 saturated carbocycles. The summed E-state index contributed by atoms with van der Waals surface area (Å²) in [6, 6.07) is 0. The number of rotatable bonds is 42.